The molecule has 0 radical (unpaired) electrons. The summed E-state index contributed by atoms with van der Waals surface area (Å²) in [4.78, 5) is 10.7. The van der Waals surface area contributed by atoms with E-state index in [1.54, 1.807) is 11.3 Å². The molecule has 0 fully saturated rings. The topological polar surface area (TPSA) is 33.5 Å². The second-order valence-electron chi connectivity index (χ2n) is 16.8. The van der Waals surface area contributed by atoms with Crippen LogP contribution in [0.4, 0.5) is 39.8 Å². The Balaban J connectivity index is 0.767. The van der Waals surface area contributed by atoms with Crippen LogP contribution in [0.1, 0.15) is 10.9 Å². The third kappa shape index (κ3) is 8.32. The first-order chi connectivity index (χ1) is 33.7. The number of nitrogens with zero attached hydrogens (tertiary/aromatic N) is 4. The molecule has 324 valence electrons. The van der Waals surface area contributed by atoms with Crippen molar-refractivity contribution < 1.29 is 0 Å². The Morgan fingerprint density at radius 3 is 1.16 bits per heavy atom. The Labute approximate surface area is 405 Å². The van der Waals surface area contributed by atoms with Gasteiger partial charge in [-0.2, -0.15) is 0 Å². The number of benzene rings is 10. The van der Waals surface area contributed by atoms with Crippen LogP contribution in [0, 0.1) is 0 Å². The van der Waals surface area contributed by atoms with E-state index in [9.17, 15) is 0 Å². The maximum atomic E-state index is 4.94. The summed E-state index contributed by atoms with van der Waals surface area (Å²) in [5.74, 6) is 0. The third-order valence-electron chi connectivity index (χ3n) is 12.5. The van der Waals surface area contributed by atoms with Gasteiger partial charge in [0.05, 0.1) is 10.2 Å². The van der Waals surface area contributed by atoms with Gasteiger partial charge in [-0.25, -0.2) is 4.98 Å². The van der Waals surface area contributed by atoms with Gasteiger partial charge in [0.15, 0.2) is 0 Å². The van der Waals surface area contributed by atoms with Gasteiger partial charge in [0.25, 0.3) is 0 Å². The molecule has 0 saturated carbocycles. The molecule has 6 heteroatoms. The summed E-state index contributed by atoms with van der Waals surface area (Å²) in [5, 5.41) is 6.08. The molecule has 12 rings (SSSR count). The number of thioether (sulfide) groups is 1. The highest BCUT2D eigenvalue weighted by Crippen LogP contribution is 2.54. The lowest BCUT2D eigenvalue weighted by atomic mass is 10.0. The van der Waals surface area contributed by atoms with Crippen LogP contribution in [0.15, 0.2) is 260 Å². The van der Waals surface area contributed by atoms with E-state index in [0.29, 0.717) is 0 Å². The Hall–Kier alpha value is -8.16. The van der Waals surface area contributed by atoms with Gasteiger partial charge in [0.2, 0.25) is 0 Å². The van der Waals surface area contributed by atoms with Gasteiger partial charge in [0.1, 0.15) is 5.01 Å². The fourth-order valence-electron chi connectivity index (χ4n) is 8.98. The molecule has 1 aromatic heterocycles. The summed E-state index contributed by atoms with van der Waals surface area (Å²) < 4.78 is 1.21. The van der Waals surface area contributed by atoms with E-state index in [2.05, 4.69) is 259 Å². The molecular weight excluding hydrogens is 865 g/mol. The summed E-state index contributed by atoms with van der Waals surface area (Å²) >= 11 is 3.55. The van der Waals surface area contributed by atoms with Crippen molar-refractivity contribution in [1.29, 1.82) is 0 Å². The predicted octanol–water partition coefficient (Wildman–Crippen LogP) is 18.7. The Bertz CT molecular complexity index is 3410. The quantitative estimate of drug-likeness (QED) is 0.129. The zero-order chi connectivity index (χ0) is 45.2. The molecule has 11 aromatic rings. The molecular formula is C62H43N4S2-. The average molecular weight is 908 g/mol. The van der Waals surface area contributed by atoms with Gasteiger partial charge in [-0.3, -0.25) is 0 Å². The van der Waals surface area contributed by atoms with Crippen molar-refractivity contribution in [2.45, 2.75) is 10.3 Å². The lowest BCUT2D eigenvalue weighted by molar-refractivity contribution is 1.20. The SMILES string of the molecule is c1ccc(N(c2ccc(-c3ccc(-c4nc5ccccc5s4)cc3)cc2)c2ccc(-c3ccc(N(c4ccccc4)c4ccc(-c5ccc(C6[N-]c7ccccc7S6)cc5)cc4)cc3)cc2)cc1. The second-order valence-corrected chi connectivity index (χ2v) is 18.9. The van der Waals surface area contributed by atoms with Gasteiger partial charge in [-0.15, -0.1) is 28.8 Å². The molecule has 1 aliphatic heterocycles. The van der Waals surface area contributed by atoms with Crippen molar-refractivity contribution in [3.8, 4) is 44.0 Å². The van der Waals surface area contributed by atoms with Crippen LogP contribution in [-0.4, -0.2) is 4.98 Å². The van der Waals surface area contributed by atoms with Crippen LogP contribution >= 0.6 is 23.1 Å². The molecule has 0 bridgehead atoms. The minimum Gasteiger partial charge on any atom is -0.668 e. The Morgan fingerprint density at radius 1 is 0.338 bits per heavy atom. The monoisotopic (exact) mass is 907 g/mol. The van der Waals surface area contributed by atoms with Crippen molar-refractivity contribution in [3.05, 3.63) is 266 Å². The smallest absolute Gasteiger partial charge is 0.124 e. The molecule has 1 unspecified atom stereocenters. The van der Waals surface area contributed by atoms with Crippen molar-refractivity contribution in [2.75, 3.05) is 9.80 Å². The second kappa shape index (κ2) is 18.3. The van der Waals surface area contributed by atoms with Gasteiger partial charge >= 0.3 is 0 Å². The number of para-hydroxylation sites is 4. The number of rotatable bonds is 11. The number of thiazole rings is 1. The van der Waals surface area contributed by atoms with E-state index in [1.165, 1.54) is 37.4 Å². The van der Waals surface area contributed by atoms with Crippen molar-refractivity contribution in [2.24, 2.45) is 0 Å². The minimum atomic E-state index is 0.0989. The molecule has 68 heavy (non-hydrogen) atoms. The highest BCUT2D eigenvalue weighted by Gasteiger charge is 2.17. The minimum absolute atomic E-state index is 0.0989. The molecule has 0 aliphatic carbocycles. The summed E-state index contributed by atoms with van der Waals surface area (Å²) in [7, 11) is 0. The number of hydrogen-bond acceptors (Lipinski definition) is 5. The first kappa shape index (κ1) is 41.3. The normalized spacial score (nSPS) is 12.9. The standard InChI is InChI=1S/C62H43N4S2/c1-3-11-51(12-4-1)65(53-35-27-45(28-36-53)43-19-23-49(24-20-43)61-63-57-15-7-9-17-59(57)67-61)55-39-31-47(32-40-55)48-33-41-56(42-34-48)66(52-13-5-2-6-14-52)54-37-29-46(30-38-54)44-21-25-50(26-22-44)62-64-58-16-8-10-18-60(58)68-62/h1-42,61H/q-1. The fraction of sp³-hybridized carbons (Fsp3) is 0.0161. The molecule has 0 saturated heterocycles. The molecule has 0 N–H and O–H groups in total. The molecule has 10 aromatic carbocycles. The maximum Gasteiger partial charge on any atom is 0.124 e. The van der Waals surface area contributed by atoms with Crippen LogP contribution in [-0.2, 0) is 0 Å². The molecule has 1 atom stereocenters. The summed E-state index contributed by atoms with van der Waals surface area (Å²) in [6, 6.07) is 91.0. The van der Waals surface area contributed by atoms with E-state index in [0.717, 1.165) is 67.0 Å². The van der Waals surface area contributed by atoms with Crippen LogP contribution in [0.5, 0.6) is 0 Å². The zero-order valence-electron chi connectivity index (χ0n) is 36.9. The van der Waals surface area contributed by atoms with E-state index in [-0.39, 0.29) is 5.37 Å². The van der Waals surface area contributed by atoms with Crippen LogP contribution < -0.4 is 9.80 Å². The number of aromatic nitrogens is 1. The van der Waals surface area contributed by atoms with E-state index in [1.807, 2.05) is 17.8 Å². The van der Waals surface area contributed by atoms with E-state index < -0.39 is 0 Å². The number of hydrogen-bond donors (Lipinski definition) is 0. The van der Waals surface area contributed by atoms with Gasteiger partial charge < -0.3 is 15.1 Å². The number of fused-ring (bicyclic) bond motifs is 2. The van der Waals surface area contributed by atoms with E-state index in [4.69, 9.17) is 10.3 Å². The zero-order valence-corrected chi connectivity index (χ0v) is 38.6. The first-order valence-electron chi connectivity index (χ1n) is 22.8. The molecule has 0 spiro atoms. The lowest BCUT2D eigenvalue weighted by Crippen LogP contribution is -2.10. The van der Waals surface area contributed by atoms with E-state index >= 15 is 0 Å². The molecule has 4 nitrogen and oxygen atoms in total. The highest BCUT2D eigenvalue weighted by atomic mass is 32.2. The van der Waals surface area contributed by atoms with Gasteiger partial charge in [-0.1, -0.05) is 169 Å². The van der Waals surface area contributed by atoms with Gasteiger partial charge in [0, 0.05) is 39.7 Å². The Kier molecular flexibility index (Phi) is 11.1. The summed E-state index contributed by atoms with van der Waals surface area (Å²) in [5.41, 5.74) is 18.1. The first-order valence-corrected chi connectivity index (χ1v) is 24.5. The average Bonchev–Trinajstić information content (AvgIpc) is 4.06. The summed E-state index contributed by atoms with van der Waals surface area (Å²) in [6.07, 6.45) is 0. The van der Waals surface area contributed by atoms with Crippen molar-refractivity contribution >= 4 is 73.1 Å². The van der Waals surface area contributed by atoms with Crippen LogP contribution in [0.3, 0.4) is 0 Å². The molecule has 0 amide bonds. The highest BCUT2D eigenvalue weighted by molar-refractivity contribution is 8.00. The summed E-state index contributed by atoms with van der Waals surface area (Å²) in [6.45, 7) is 0. The largest absolute Gasteiger partial charge is 0.668 e. The molecule has 1 aliphatic rings. The fourth-order valence-corrected chi connectivity index (χ4v) is 11.1. The van der Waals surface area contributed by atoms with Crippen molar-refractivity contribution in [3.63, 3.8) is 0 Å². The Morgan fingerprint density at radius 2 is 0.706 bits per heavy atom. The predicted molar refractivity (Wildman–Crippen MR) is 289 cm³/mol. The number of anilines is 6. The lowest BCUT2D eigenvalue weighted by Gasteiger charge is -2.26. The van der Waals surface area contributed by atoms with Crippen LogP contribution in [0.2, 0.25) is 0 Å². The molecule has 2 heterocycles. The van der Waals surface area contributed by atoms with Crippen molar-refractivity contribution in [1.82, 2.24) is 4.98 Å². The third-order valence-corrected chi connectivity index (χ3v) is 14.8. The maximum absolute atomic E-state index is 4.94. The van der Waals surface area contributed by atoms with Crippen LogP contribution in [0.25, 0.3) is 59.5 Å². The van der Waals surface area contributed by atoms with Gasteiger partial charge in [-0.05, 0) is 135 Å².